The lowest BCUT2D eigenvalue weighted by atomic mass is 9.91. The van der Waals surface area contributed by atoms with Gasteiger partial charge in [-0.1, -0.05) is 32.4 Å². The Morgan fingerprint density at radius 2 is 2.10 bits per heavy atom. The Labute approximate surface area is 129 Å². The first-order valence-electron chi connectivity index (χ1n) is 6.81. The van der Waals surface area contributed by atoms with E-state index in [1.165, 1.54) is 0 Å². The molecule has 1 N–H and O–H groups in total. The summed E-state index contributed by atoms with van der Waals surface area (Å²) in [5.74, 6) is -0.222. The zero-order valence-electron chi connectivity index (χ0n) is 12.6. The third-order valence-corrected chi connectivity index (χ3v) is 3.23. The molecule has 2 rings (SSSR count). The summed E-state index contributed by atoms with van der Waals surface area (Å²) in [5, 5.41) is 7.25. The molecule has 1 amide bonds. The highest BCUT2D eigenvalue weighted by Gasteiger charge is 2.19. The van der Waals surface area contributed by atoms with Crippen LogP contribution in [0.5, 0.6) is 0 Å². The highest BCUT2D eigenvalue weighted by molar-refractivity contribution is 6.29. The van der Waals surface area contributed by atoms with Crippen LogP contribution in [0.4, 0.5) is 5.69 Å². The predicted octanol–water partition coefficient (Wildman–Crippen LogP) is 3.50. The van der Waals surface area contributed by atoms with Crippen molar-refractivity contribution < 1.29 is 4.79 Å². The fourth-order valence-corrected chi connectivity index (χ4v) is 2.03. The zero-order chi connectivity index (χ0) is 15.6. The van der Waals surface area contributed by atoms with Gasteiger partial charge in [-0.25, -0.2) is 4.98 Å². The summed E-state index contributed by atoms with van der Waals surface area (Å²) in [7, 11) is 0. The van der Waals surface area contributed by atoms with Crippen LogP contribution < -0.4 is 5.32 Å². The average Bonchev–Trinajstić information content (AvgIpc) is 2.84. The molecule has 0 atom stereocenters. The number of rotatable bonds is 3. The number of nitrogens with zero attached hydrogens (tertiary/aromatic N) is 3. The van der Waals surface area contributed by atoms with Gasteiger partial charge in [0.15, 0.2) is 0 Å². The highest BCUT2D eigenvalue weighted by Crippen LogP contribution is 2.23. The first kappa shape index (κ1) is 15.5. The smallest absolute Gasteiger partial charge is 0.255 e. The molecule has 0 unspecified atom stereocenters. The van der Waals surface area contributed by atoms with E-state index in [0.717, 1.165) is 12.2 Å². The van der Waals surface area contributed by atoms with E-state index in [1.807, 2.05) is 27.7 Å². The number of hydrogen-bond acceptors (Lipinski definition) is 3. The number of hydrogen-bond donors (Lipinski definition) is 1. The lowest BCUT2D eigenvalue weighted by Gasteiger charge is -2.18. The Kier molecular flexibility index (Phi) is 4.32. The minimum atomic E-state index is -0.222. The van der Waals surface area contributed by atoms with Gasteiger partial charge in [-0.15, -0.1) is 0 Å². The van der Waals surface area contributed by atoms with E-state index in [0.29, 0.717) is 16.4 Å². The van der Waals surface area contributed by atoms with Gasteiger partial charge in [0.2, 0.25) is 0 Å². The largest absolute Gasteiger partial charge is 0.319 e. The molecule has 0 spiro atoms. The van der Waals surface area contributed by atoms with Gasteiger partial charge in [0.1, 0.15) is 5.15 Å². The molecule has 0 saturated carbocycles. The molecule has 0 aliphatic carbocycles. The van der Waals surface area contributed by atoms with Crippen molar-refractivity contribution in [2.24, 2.45) is 0 Å². The zero-order valence-corrected chi connectivity index (χ0v) is 13.4. The molecule has 2 aromatic rings. The van der Waals surface area contributed by atoms with Crippen molar-refractivity contribution in [2.75, 3.05) is 5.32 Å². The highest BCUT2D eigenvalue weighted by atomic mass is 35.5. The van der Waals surface area contributed by atoms with E-state index in [4.69, 9.17) is 11.6 Å². The van der Waals surface area contributed by atoms with Gasteiger partial charge in [-0.3, -0.25) is 9.48 Å². The van der Waals surface area contributed by atoms with Crippen LogP contribution in [-0.4, -0.2) is 20.7 Å². The molecule has 6 heteroatoms. The van der Waals surface area contributed by atoms with Crippen molar-refractivity contribution in [2.45, 2.75) is 39.7 Å². The number of amides is 1. The fraction of sp³-hybridized carbons (Fsp3) is 0.400. The molecule has 0 aliphatic rings. The Balaban J connectivity index is 2.24. The van der Waals surface area contributed by atoms with Crippen LogP contribution in [0.25, 0.3) is 0 Å². The summed E-state index contributed by atoms with van der Waals surface area (Å²) in [6, 6.07) is 3.34. The predicted molar refractivity (Wildman–Crippen MR) is 83.8 cm³/mol. The lowest BCUT2D eigenvalue weighted by Crippen LogP contribution is -2.17. The van der Waals surface area contributed by atoms with Gasteiger partial charge in [-0.2, -0.15) is 5.10 Å². The third-order valence-electron chi connectivity index (χ3n) is 3.04. The Morgan fingerprint density at radius 3 is 2.67 bits per heavy atom. The standard InChI is InChI=1S/C15H19ClN4O/c1-5-20-9-11(8-17-20)18-14(21)10-6-12(15(2,3)4)19-13(16)7-10/h6-9H,5H2,1-4H3,(H,18,21). The van der Waals surface area contributed by atoms with E-state index in [-0.39, 0.29) is 11.3 Å². The SMILES string of the molecule is CCn1cc(NC(=O)c2cc(Cl)nc(C(C)(C)C)c2)cn1. The normalized spacial score (nSPS) is 11.5. The van der Waals surface area contributed by atoms with Crippen LogP contribution >= 0.6 is 11.6 Å². The van der Waals surface area contributed by atoms with Gasteiger partial charge in [0.25, 0.3) is 5.91 Å². The minimum Gasteiger partial charge on any atom is -0.319 e. The Hall–Kier alpha value is -1.88. The maximum atomic E-state index is 12.3. The summed E-state index contributed by atoms with van der Waals surface area (Å²) in [4.78, 5) is 16.6. The molecule has 5 nitrogen and oxygen atoms in total. The summed E-state index contributed by atoms with van der Waals surface area (Å²) in [6.07, 6.45) is 3.40. The minimum absolute atomic E-state index is 0.174. The molecular formula is C15H19ClN4O. The number of carbonyl (C=O) groups excluding carboxylic acids is 1. The lowest BCUT2D eigenvalue weighted by molar-refractivity contribution is 0.102. The Morgan fingerprint density at radius 1 is 1.38 bits per heavy atom. The number of nitrogens with one attached hydrogen (secondary N) is 1. The van der Waals surface area contributed by atoms with Crippen molar-refractivity contribution in [3.8, 4) is 0 Å². The molecule has 2 heterocycles. The third kappa shape index (κ3) is 3.82. The van der Waals surface area contributed by atoms with E-state index in [1.54, 1.807) is 29.2 Å². The molecule has 0 radical (unpaired) electrons. The second-order valence-electron chi connectivity index (χ2n) is 5.85. The van der Waals surface area contributed by atoms with Crippen molar-refractivity contribution in [3.05, 3.63) is 40.9 Å². The number of aromatic nitrogens is 3. The molecule has 2 aromatic heterocycles. The second-order valence-corrected chi connectivity index (χ2v) is 6.24. The van der Waals surface area contributed by atoms with Gasteiger partial charge in [-0.05, 0) is 19.1 Å². The number of halogens is 1. The van der Waals surface area contributed by atoms with Gasteiger partial charge in [0.05, 0.1) is 11.9 Å². The summed E-state index contributed by atoms with van der Waals surface area (Å²) >= 11 is 6.02. The summed E-state index contributed by atoms with van der Waals surface area (Å²) < 4.78 is 1.75. The van der Waals surface area contributed by atoms with Crippen molar-refractivity contribution >= 4 is 23.2 Å². The molecule has 112 valence electrons. The molecular weight excluding hydrogens is 288 g/mol. The van der Waals surface area contributed by atoms with Crippen LogP contribution in [-0.2, 0) is 12.0 Å². The van der Waals surface area contributed by atoms with E-state index < -0.39 is 0 Å². The maximum Gasteiger partial charge on any atom is 0.255 e. The number of carbonyl (C=O) groups is 1. The number of anilines is 1. The van der Waals surface area contributed by atoms with Crippen LogP contribution in [0.15, 0.2) is 24.5 Å². The first-order valence-corrected chi connectivity index (χ1v) is 7.19. The van der Waals surface area contributed by atoms with Crippen LogP contribution in [0, 0.1) is 0 Å². The average molecular weight is 307 g/mol. The summed E-state index contributed by atoms with van der Waals surface area (Å²) in [5.41, 5.74) is 1.76. The molecule has 0 saturated heterocycles. The summed E-state index contributed by atoms with van der Waals surface area (Å²) in [6.45, 7) is 8.82. The molecule has 0 aromatic carbocycles. The first-order chi connectivity index (χ1) is 9.79. The molecule has 0 aliphatic heterocycles. The molecule has 0 bridgehead atoms. The van der Waals surface area contributed by atoms with Crippen molar-refractivity contribution in [3.63, 3.8) is 0 Å². The Bertz CT molecular complexity index is 658. The topological polar surface area (TPSA) is 59.8 Å². The quantitative estimate of drug-likeness (QED) is 0.883. The van der Waals surface area contributed by atoms with Crippen LogP contribution in [0.1, 0.15) is 43.7 Å². The van der Waals surface area contributed by atoms with Gasteiger partial charge in [0, 0.05) is 29.4 Å². The van der Waals surface area contributed by atoms with Gasteiger partial charge >= 0.3 is 0 Å². The van der Waals surface area contributed by atoms with Gasteiger partial charge < -0.3 is 5.32 Å². The van der Waals surface area contributed by atoms with Crippen molar-refractivity contribution in [1.82, 2.24) is 14.8 Å². The van der Waals surface area contributed by atoms with E-state index in [2.05, 4.69) is 15.4 Å². The van der Waals surface area contributed by atoms with E-state index >= 15 is 0 Å². The fourth-order valence-electron chi connectivity index (χ4n) is 1.82. The molecule has 21 heavy (non-hydrogen) atoms. The molecule has 0 fully saturated rings. The monoisotopic (exact) mass is 306 g/mol. The van der Waals surface area contributed by atoms with Crippen LogP contribution in [0.3, 0.4) is 0 Å². The van der Waals surface area contributed by atoms with E-state index in [9.17, 15) is 4.79 Å². The van der Waals surface area contributed by atoms with Crippen LogP contribution in [0.2, 0.25) is 5.15 Å². The van der Waals surface area contributed by atoms with Crippen molar-refractivity contribution in [1.29, 1.82) is 0 Å². The maximum absolute atomic E-state index is 12.3. The number of aryl methyl sites for hydroxylation is 1. The number of pyridine rings is 1. The second kappa shape index (κ2) is 5.85.